The minimum absolute atomic E-state index is 0.0829. The minimum atomic E-state index is -0.446. The van der Waals surface area contributed by atoms with Gasteiger partial charge in [0.05, 0.1) is 38.6 Å². The van der Waals surface area contributed by atoms with Crippen LogP contribution in [0.5, 0.6) is 0 Å². The van der Waals surface area contributed by atoms with Crippen molar-refractivity contribution in [2.24, 2.45) is 11.8 Å². The lowest BCUT2D eigenvalue weighted by molar-refractivity contribution is -0.144. The minimum Gasteiger partial charge on any atom is -0.466 e. The Kier molecular flexibility index (Phi) is 73.0. The first-order chi connectivity index (χ1) is 46.1. The monoisotopic (exact) mass is 1330 g/mol. The number of esters is 4. The maximum Gasteiger partial charge on any atom is 0.305 e. The van der Waals surface area contributed by atoms with Gasteiger partial charge in [0.1, 0.15) is 0 Å². The highest BCUT2D eigenvalue weighted by molar-refractivity contribution is 5.70. The molecule has 4 N–H and O–H groups in total. The molecule has 0 aromatic heterocycles. The number of carbonyl (C=O) groups excluding carboxylic acids is 4. The van der Waals surface area contributed by atoms with E-state index in [1.165, 1.54) is 205 Å². The van der Waals surface area contributed by atoms with Crippen LogP contribution in [0.2, 0.25) is 0 Å². The van der Waals surface area contributed by atoms with E-state index in [1.807, 2.05) is 0 Å². The Morgan fingerprint density at radius 3 is 0.734 bits per heavy atom. The van der Waals surface area contributed by atoms with Crippen LogP contribution in [0.15, 0.2) is 0 Å². The van der Waals surface area contributed by atoms with E-state index < -0.39 is 12.2 Å². The summed E-state index contributed by atoms with van der Waals surface area (Å²) >= 11 is 0. The average Bonchev–Trinajstić information content (AvgIpc) is 3.62. The zero-order valence-electron chi connectivity index (χ0n) is 63.0. The van der Waals surface area contributed by atoms with Gasteiger partial charge in [-0.1, -0.05) is 272 Å². The van der Waals surface area contributed by atoms with Gasteiger partial charge in [0, 0.05) is 65.0 Å². The summed E-state index contributed by atoms with van der Waals surface area (Å²) in [6.07, 6.45) is 62.5. The van der Waals surface area contributed by atoms with Gasteiger partial charge in [-0.05, 0) is 122 Å². The fourth-order valence-corrected chi connectivity index (χ4v) is 12.9. The smallest absolute Gasteiger partial charge is 0.305 e. The van der Waals surface area contributed by atoms with E-state index in [2.05, 4.69) is 50.3 Å². The third-order valence-electron chi connectivity index (χ3n) is 19.5. The molecule has 4 unspecified atom stereocenters. The largest absolute Gasteiger partial charge is 0.466 e. The molecule has 0 radical (unpaired) electrons. The van der Waals surface area contributed by atoms with Crippen LogP contribution in [-0.2, 0) is 38.1 Å². The summed E-state index contributed by atoms with van der Waals surface area (Å²) in [6, 6.07) is 0. The van der Waals surface area contributed by atoms with Crippen LogP contribution in [0.3, 0.4) is 0 Å². The van der Waals surface area contributed by atoms with Crippen molar-refractivity contribution in [1.29, 1.82) is 0 Å². The summed E-state index contributed by atoms with van der Waals surface area (Å²) in [6.45, 7) is 15.5. The Morgan fingerprint density at radius 1 is 0.287 bits per heavy atom. The molecule has 558 valence electrons. The summed E-state index contributed by atoms with van der Waals surface area (Å²) in [5.74, 6) is -0.181. The van der Waals surface area contributed by atoms with Gasteiger partial charge >= 0.3 is 23.9 Å². The second kappa shape index (κ2) is 74.9. The number of nitrogens with one attached hydrogen (secondary N) is 2. The molecule has 4 atom stereocenters. The van der Waals surface area contributed by atoms with Crippen LogP contribution >= 0.6 is 0 Å². The highest BCUT2D eigenvalue weighted by Crippen LogP contribution is 2.22. The SMILES string of the molecule is CCCCCCCCCCCCC(=O)OCCCCCC(O)C(CCCCOC(=O)CCCCCCCCCCCC)CNCCN(C)CCNCC(CCCCOC(=O)CCCCCCCCCCCC)C(O)CCCCCOC(=O)CCCCCCCCCCCC. The molecule has 13 heteroatoms. The molecule has 0 aromatic carbocycles. The number of rotatable bonds is 78. The molecule has 0 heterocycles. The molecule has 0 spiro atoms. The molecule has 0 aromatic rings. The third kappa shape index (κ3) is 68.2. The Morgan fingerprint density at radius 2 is 0.489 bits per heavy atom. The zero-order valence-corrected chi connectivity index (χ0v) is 63.0. The predicted molar refractivity (Wildman–Crippen MR) is 397 cm³/mol. The maximum atomic E-state index is 12.5. The fourth-order valence-electron chi connectivity index (χ4n) is 12.9. The van der Waals surface area contributed by atoms with Gasteiger partial charge in [-0.2, -0.15) is 0 Å². The van der Waals surface area contributed by atoms with Crippen molar-refractivity contribution in [3.8, 4) is 0 Å². The molecule has 0 aliphatic carbocycles. The Balaban J connectivity index is 5.07. The van der Waals surface area contributed by atoms with Gasteiger partial charge in [-0.3, -0.25) is 19.2 Å². The predicted octanol–water partition coefficient (Wildman–Crippen LogP) is 20.9. The van der Waals surface area contributed by atoms with Crippen molar-refractivity contribution in [2.45, 2.75) is 412 Å². The van der Waals surface area contributed by atoms with Gasteiger partial charge < -0.3 is 44.7 Å². The standard InChI is InChI=1S/C81H159N3O10/c1-6-10-14-18-22-26-30-34-38-46-60-78(87)91-68-52-42-44-58-76(85)74(56-50-54-70-93-80(89)62-48-40-36-32-28-24-20-16-12-8-3)72-82-64-66-84(5)67-65-83-73-75(57-51-55-71-94-81(90)63-49-41-37-33-29-25-21-17-13-9-4)77(86)59-45-43-53-69-92-79(88)61-47-39-35-31-27-23-19-15-11-7-2/h74-77,82-83,85-86H,6-73H2,1-5H3. The number of unbranched alkanes of at least 4 members (excludes halogenated alkanes) is 42. The average molecular weight is 1340 g/mol. The Hall–Kier alpha value is -2.32. The van der Waals surface area contributed by atoms with E-state index in [0.29, 0.717) is 78.0 Å². The van der Waals surface area contributed by atoms with Crippen LogP contribution in [-0.4, -0.2) is 124 Å². The molecular formula is C81H159N3O10. The van der Waals surface area contributed by atoms with Gasteiger partial charge in [-0.25, -0.2) is 0 Å². The fraction of sp³-hybridized carbons (Fsp3) is 0.951. The lowest BCUT2D eigenvalue weighted by Gasteiger charge is -2.25. The molecule has 0 fully saturated rings. The number of aliphatic hydroxyl groups excluding tert-OH is 2. The number of ether oxygens (including phenoxy) is 4. The van der Waals surface area contributed by atoms with Gasteiger partial charge in [0.2, 0.25) is 0 Å². The third-order valence-corrected chi connectivity index (χ3v) is 19.5. The van der Waals surface area contributed by atoms with E-state index in [0.717, 1.165) is 155 Å². The van der Waals surface area contributed by atoms with Gasteiger partial charge in [0.25, 0.3) is 0 Å². The molecular weight excluding hydrogens is 1170 g/mol. The number of carbonyl (C=O) groups is 4. The summed E-state index contributed by atoms with van der Waals surface area (Å²) in [5.41, 5.74) is 0. The van der Waals surface area contributed by atoms with E-state index in [1.54, 1.807) is 0 Å². The summed E-state index contributed by atoms with van der Waals surface area (Å²) < 4.78 is 22.4. The van der Waals surface area contributed by atoms with Gasteiger partial charge in [0.15, 0.2) is 0 Å². The number of hydrogen-bond acceptors (Lipinski definition) is 13. The van der Waals surface area contributed by atoms with Crippen LogP contribution in [0.1, 0.15) is 400 Å². The number of nitrogens with zero attached hydrogens (tertiary/aromatic N) is 1. The summed E-state index contributed by atoms with van der Waals surface area (Å²) in [4.78, 5) is 52.2. The molecule has 0 bridgehead atoms. The highest BCUT2D eigenvalue weighted by Gasteiger charge is 2.21. The van der Waals surface area contributed by atoms with Crippen molar-refractivity contribution < 1.29 is 48.3 Å². The van der Waals surface area contributed by atoms with Crippen molar-refractivity contribution in [3.63, 3.8) is 0 Å². The first-order valence-corrected chi connectivity index (χ1v) is 41.2. The zero-order chi connectivity index (χ0) is 68.5. The second-order valence-electron chi connectivity index (χ2n) is 28.7. The molecule has 0 aliphatic rings. The van der Waals surface area contributed by atoms with Crippen molar-refractivity contribution in [1.82, 2.24) is 15.5 Å². The maximum absolute atomic E-state index is 12.5. The highest BCUT2D eigenvalue weighted by atomic mass is 16.5. The molecule has 0 amide bonds. The lowest BCUT2D eigenvalue weighted by atomic mass is 9.92. The van der Waals surface area contributed by atoms with Crippen molar-refractivity contribution in [2.75, 3.05) is 72.7 Å². The summed E-state index contributed by atoms with van der Waals surface area (Å²) in [5, 5.41) is 30.4. The second-order valence-corrected chi connectivity index (χ2v) is 28.7. The molecule has 0 saturated heterocycles. The van der Waals surface area contributed by atoms with E-state index >= 15 is 0 Å². The Bertz CT molecular complexity index is 1480. The van der Waals surface area contributed by atoms with Crippen LogP contribution < -0.4 is 10.6 Å². The lowest BCUT2D eigenvalue weighted by Crippen LogP contribution is -2.39. The topological polar surface area (TPSA) is 173 Å². The van der Waals surface area contributed by atoms with Crippen LogP contribution in [0.25, 0.3) is 0 Å². The van der Waals surface area contributed by atoms with Gasteiger partial charge in [-0.15, -0.1) is 0 Å². The van der Waals surface area contributed by atoms with E-state index in [-0.39, 0.29) is 35.7 Å². The number of hydrogen-bond donors (Lipinski definition) is 4. The van der Waals surface area contributed by atoms with E-state index in [9.17, 15) is 29.4 Å². The summed E-state index contributed by atoms with van der Waals surface area (Å²) in [7, 11) is 2.14. The van der Waals surface area contributed by atoms with Crippen LogP contribution in [0, 0.1) is 11.8 Å². The normalized spacial score (nSPS) is 12.9. The Labute approximate surface area is 581 Å². The molecule has 13 nitrogen and oxygen atoms in total. The first-order valence-electron chi connectivity index (χ1n) is 41.2. The van der Waals surface area contributed by atoms with Crippen molar-refractivity contribution >= 4 is 23.9 Å². The number of likely N-dealkylation sites (N-methyl/N-ethyl adjacent to an activating group) is 1. The number of aliphatic hydroxyl groups is 2. The van der Waals surface area contributed by atoms with Crippen molar-refractivity contribution in [3.05, 3.63) is 0 Å². The first kappa shape index (κ1) is 91.7. The quantitative estimate of drug-likeness (QED) is 0.0258. The molecule has 0 saturated carbocycles. The molecule has 0 aliphatic heterocycles. The van der Waals surface area contributed by atoms with E-state index in [4.69, 9.17) is 18.9 Å². The molecule has 94 heavy (non-hydrogen) atoms. The molecule has 0 rings (SSSR count). The van der Waals surface area contributed by atoms with Crippen LogP contribution in [0.4, 0.5) is 0 Å².